The predicted molar refractivity (Wildman–Crippen MR) is 87.8 cm³/mol. The molecule has 118 valence electrons. The third-order valence-corrected chi connectivity index (χ3v) is 6.21. The van der Waals surface area contributed by atoms with Gasteiger partial charge in [-0.25, -0.2) is 0 Å². The molecule has 0 spiro atoms. The van der Waals surface area contributed by atoms with Gasteiger partial charge in [-0.15, -0.1) is 0 Å². The van der Waals surface area contributed by atoms with Gasteiger partial charge in [0.1, 0.15) is 0 Å². The van der Waals surface area contributed by atoms with Crippen molar-refractivity contribution in [3.63, 3.8) is 0 Å². The molecule has 0 radical (unpaired) electrons. The first-order valence-electron chi connectivity index (χ1n) is 9.06. The van der Waals surface area contributed by atoms with Crippen molar-refractivity contribution >= 4 is 0 Å². The largest absolute Gasteiger partial charge is 0.326 e. The first-order valence-corrected chi connectivity index (χ1v) is 9.06. The molecule has 20 heavy (non-hydrogen) atoms. The van der Waals surface area contributed by atoms with Crippen LogP contribution in [-0.2, 0) is 0 Å². The molecule has 2 heteroatoms. The van der Waals surface area contributed by atoms with Crippen molar-refractivity contribution in [3.8, 4) is 0 Å². The normalized spacial score (nSPS) is 31.8. The number of nitrogens with zero attached hydrogens (tertiary/aromatic N) is 1. The first kappa shape index (κ1) is 16.3. The quantitative estimate of drug-likeness (QED) is 0.837. The topological polar surface area (TPSA) is 29.3 Å². The Morgan fingerprint density at radius 3 is 2.05 bits per heavy atom. The van der Waals surface area contributed by atoms with Gasteiger partial charge in [-0.05, 0) is 64.5 Å². The summed E-state index contributed by atoms with van der Waals surface area (Å²) in [7, 11) is 0. The van der Waals surface area contributed by atoms with E-state index in [2.05, 4.69) is 25.7 Å². The van der Waals surface area contributed by atoms with Gasteiger partial charge in [-0.2, -0.15) is 0 Å². The third-order valence-electron chi connectivity index (χ3n) is 6.21. The van der Waals surface area contributed by atoms with Crippen LogP contribution < -0.4 is 5.73 Å². The summed E-state index contributed by atoms with van der Waals surface area (Å²) in [6.07, 6.45) is 12.4. The first-order chi connectivity index (χ1) is 9.55. The third kappa shape index (κ3) is 3.76. The lowest BCUT2D eigenvalue weighted by molar-refractivity contribution is 0.0610. The summed E-state index contributed by atoms with van der Waals surface area (Å²) in [5, 5.41) is 0. The summed E-state index contributed by atoms with van der Waals surface area (Å²) in [5.41, 5.74) is 6.93. The smallest absolute Gasteiger partial charge is 0.0306 e. The lowest BCUT2D eigenvalue weighted by Gasteiger charge is -2.46. The van der Waals surface area contributed by atoms with Crippen molar-refractivity contribution in [3.05, 3.63) is 0 Å². The summed E-state index contributed by atoms with van der Waals surface area (Å²) in [6, 6.07) is 0.346. The van der Waals surface area contributed by atoms with Gasteiger partial charge >= 0.3 is 0 Å². The van der Waals surface area contributed by atoms with Gasteiger partial charge in [-0.1, -0.05) is 39.0 Å². The minimum atomic E-state index is 0.175. The van der Waals surface area contributed by atoms with E-state index in [-0.39, 0.29) is 5.54 Å². The Labute approximate surface area is 126 Å². The second-order valence-corrected chi connectivity index (χ2v) is 7.77. The van der Waals surface area contributed by atoms with Crippen LogP contribution in [0.1, 0.15) is 78.6 Å². The Kier molecular flexibility index (Phi) is 5.92. The predicted octanol–water partition coefficient (Wildman–Crippen LogP) is 4.18. The zero-order valence-corrected chi connectivity index (χ0v) is 14.0. The molecule has 1 unspecified atom stereocenters. The molecule has 1 saturated carbocycles. The molecule has 0 amide bonds. The van der Waals surface area contributed by atoms with Crippen LogP contribution in [-0.4, -0.2) is 29.6 Å². The highest BCUT2D eigenvalue weighted by molar-refractivity contribution is 4.97. The molecular weight excluding hydrogens is 244 g/mol. The number of likely N-dealkylation sites (tertiary alicyclic amines) is 1. The SMILES string of the molecule is CCC1CCC(C(N)C(C)(C)N2CCCCCC2)CC1. The van der Waals surface area contributed by atoms with Crippen LogP contribution in [0.3, 0.4) is 0 Å². The number of nitrogens with two attached hydrogens (primary N) is 1. The molecule has 1 atom stereocenters. The van der Waals surface area contributed by atoms with Crippen molar-refractivity contribution in [1.29, 1.82) is 0 Å². The van der Waals surface area contributed by atoms with E-state index in [4.69, 9.17) is 5.73 Å². The Bertz CT molecular complexity index is 271. The van der Waals surface area contributed by atoms with Crippen molar-refractivity contribution in [2.24, 2.45) is 17.6 Å². The fourth-order valence-electron chi connectivity index (χ4n) is 4.39. The van der Waals surface area contributed by atoms with E-state index in [0.717, 1.165) is 11.8 Å². The van der Waals surface area contributed by atoms with Crippen LogP contribution in [0.5, 0.6) is 0 Å². The molecule has 0 aromatic carbocycles. The average molecular weight is 280 g/mol. The maximum Gasteiger partial charge on any atom is 0.0306 e. The van der Waals surface area contributed by atoms with E-state index < -0.39 is 0 Å². The molecule has 0 bridgehead atoms. The minimum Gasteiger partial charge on any atom is -0.326 e. The highest BCUT2D eigenvalue weighted by atomic mass is 15.2. The Morgan fingerprint density at radius 1 is 1.00 bits per heavy atom. The second kappa shape index (κ2) is 7.26. The monoisotopic (exact) mass is 280 g/mol. The molecule has 2 N–H and O–H groups in total. The molecule has 2 fully saturated rings. The molecular formula is C18H36N2. The number of hydrogen-bond donors (Lipinski definition) is 1. The Balaban J connectivity index is 1.93. The molecule has 1 saturated heterocycles. The number of rotatable bonds is 4. The second-order valence-electron chi connectivity index (χ2n) is 7.77. The van der Waals surface area contributed by atoms with E-state index in [1.807, 2.05) is 0 Å². The van der Waals surface area contributed by atoms with Crippen molar-refractivity contribution < 1.29 is 0 Å². The van der Waals surface area contributed by atoms with E-state index >= 15 is 0 Å². The summed E-state index contributed by atoms with van der Waals surface area (Å²) < 4.78 is 0. The molecule has 2 rings (SSSR count). The lowest BCUT2D eigenvalue weighted by Crippen LogP contribution is -2.59. The molecule has 0 aromatic heterocycles. The van der Waals surface area contributed by atoms with Crippen molar-refractivity contribution in [2.75, 3.05) is 13.1 Å². The maximum absolute atomic E-state index is 6.75. The average Bonchev–Trinajstić information content (AvgIpc) is 2.76. The van der Waals surface area contributed by atoms with Gasteiger partial charge in [0.25, 0.3) is 0 Å². The molecule has 0 aromatic rings. The summed E-state index contributed by atoms with van der Waals surface area (Å²) in [4.78, 5) is 2.69. The van der Waals surface area contributed by atoms with Gasteiger partial charge in [0, 0.05) is 11.6 Å². The standard InChI is InChI=1S/C18H36N2/c1-4-15-9-11-16(12-10-15)17(19)18(2,3)20-13-7-5-6-8-14-20/h15-17H,4-14,19H2,1-3H3. The van der Waals surface area contributed by atoms with E-state index in [0.29, 0.717) is 6.04 Å². The maximum atomic E-state index is 6.75. The molecule has 1 heterocycles. The lowest BCUT2D eigenvalue weighted by atomic mass is 9.72. The molecule has 2 aliphatic rings. The molecule has 1 aliphatic heterocycles. The van der Waals surface area contributed by atoms with Gasteiger partial charge in [0.15, 0.2) is 0 Å². The van der Waals surface area contributed by atoms with Crippen LogP contribution in [0, 0.1) is 11.8 Å². The van der Waals surface area contributed by atoms with E-state index in [1.165, 1.54) is 70.9 Å². The summed E-state index contributed by atoms with van der Waals surface area (Å²) in [6.45, 7) is 9.64. The van der Waals surface area contributed by atoms with Crippen molar-refractivity contribution in [2.45, 2.75) is 90.1 Å². The number of hydrogen-bond acceptors (Lipinski definition) is 2. The van der Waals surface area contributed by atoms with Crippen LogP contribution in [0.4, 0.5) is 0 Å². The Morgan fingerprint density at radius 2 is 1.55 bits per heavy atom. The van der Waals surface area contributed by atoms with Crippen LogP contribution >= 0.6 is 0 Å². The fourth-order valence-corrected chi connectivity index (χ4v) is 4.39. The highest BCUT2D eigenvalue weighted by Crippen LogP contribution is 2.36. The van der Waals surface area contributed by atoms with Gasteiger partial charge < -0.3 is 5.73 Å². The van der Waals surface area contributed by atoms with E-state index in [9.17, 15) is 0 Å². The van der Waals surface area contributed by atoms with Crippen LogP contribution in [0.25, 0.3) is 0 Å². The summed E-state index contributed by atoms with van der Waals surface area (Å²) >= 11 is 0. The molecule has 2 nitrogen and oxygen atoms in total. The summed E-state index contributed by atoms with van der Waals surface area (Å²) in [5.74, 6) is 1.72. The molecule has 1 aliphatic carbocycles. The van der Waals surface area contributed by atoms with Crippen molar-refractivity contribution in [1.82, 2.24) is 4.90 Å². The van der Waals surface area contributed by atoms with Crippen LogP contribution in [0.15, 0.2) is 0 Å². The van der Waals surface area contributed by atoms with Crippen LogP contribution in [0.2, 0.25) is 0 Å². The Hall–Kier alpha value is -0.0800. The fraction of sp³-hybridized carbons (Fsp3) is 1.00. The highest BCUT2D eigenvalue weighted by Gasteiger charge is 2.38. The minimum absolute atomic E-state index is 0.175. The van der Waals surface area contributed by atoms with Gasteiger partial charge in [-0.3, -0.25) is 4.90 Å². The van der Waals surface area contributed by atoms with Gasteiger partial charge in [0.05, 0.1) is 0 Å². The van der Waals surface area contributed by atoms with Gasteiger partial charge in [0.2, 0.25) is 0 Å². The zero-order valence-electron chi connectivity index (χ0n) is 14.0. The van der Waals surface area contributed by atoms with E-state index in [1.54, 1.807) is 0 Å². The zero-order chi connectivity index (χ0) is 14.6.